The van der Waals surface area contributed by atoms with Crippen molar-refractivity contribution in [1.82, 2.24) is 4.90 Å². The van der Waals surface area contributed by atoms with Gasteiger partial charge < -0.3 is 9.47 Å². The van der Waals surface area contributed by atoms with E-state index in [-0.39, 0.29) is 11.6 Å². The summed E-state index contributed by atoms with van der Waals surface area (Å²) in [5.74, 6) is 0. The first kappa shape index (κ1) is 20.3. The molecule has 0 atom stereocenters. The number of carbonyl (C=O) groups is 2. The summed E-state index contributed by atoms with van der Waals surface area (Å²) in [6.45, 7) is 10.1. The molecule has 1 rings (SSSR count). The number of nitriles is 1. The van der Waals surface area contributed by atoms with Crippen molar-refractivity contribution in [2.24, 2.45) is 0 Å². The Morgan fingerprint density at radius 2 is 1.62 bits per heavy atom. The van der Waals surface area contributed by atoms with Crippen LogP contribution in [0.4, 0.5) is 9.59 Å². The third-order valence-electron chi connectivity index (χ3n) is 2.45. The van der Waals surface area contributed by atoms with Crippen LogP contribution in [0.1, 0.15) is 52.0 Å². The van der Waals surface area contributed by atoms with Crippen LogP contribution < -0.4 is 0 Å². The van der Waals surface area contributed by atoms with Gasteiger partial charge in [0, 0.05) is 10.3 Å². The van der Waals surface area contributed by atoms with Crippen molar-refractivity contribution >= 4 is 35.1 Å². The molecule has 0 fully saturated rings. The number of halogens is 1. The van der Waals surface area contributed by atoms with E-state index in [0.717, 1.165) is 4.90 Å². The van der Waals surface area contributed by atoms with Gasteiger partial charge in [0.2, 0.25) is 0 Å². The van der Waals surface area contributed by atoms with E-state index in [2.05, 4.69) is 0 Å². The Kier molecular flexibility index (Phi) is 6.26. The number of thiophene rings is 1. The highest BCUT2D eigenvalue weighted by Crippen LogP contribution is 2.29. The summed E-state index contributed by atoms with van der Waals surface area (Å²) in [4.78, 5) is 26.1. The summed E-state index contributed by atoms with van der Waals surface area (Å²) in [5, 5.41) is 10.8. The molecule has 0 aliphatic carbocycles. The second-order valence-corrected chi connectivity index (χ2v) is 8.39. The van der Waals surface area contributed by atoms with Crippen molar-refractivity contribution in [2.75, 3.05) is 0 Å². The Labute approximate surface area is 150 Å². The molecule has 0 saturated heterocycles. The second kappa shape index (κ2) is 7.41. The maximum atomic E-state index is 12.4. The van der Waals surface area contributed by atoms with E-state index in [1.54, 1.807) is 46.9 Å². The van der Waals surface area contributed by atoms with Crippen LogP contribution in [-0.4, -0.2) is 28.3 Å². The van der Waals surface area contributed by atoms with Gasteiger partial charge in [-0.15, -0.1) is 11.3 Å². The van der Waals surface area contributed by atoms with Gasteiger partial charge in [-0.1, -0.05) is 11.6 Å². The first-order valence-electron chi connectivity index (χ1n) is 7.23. The Hall–Kier alpha value is -1.78. The first-order valence-corrected chi connectivity index (χ1v) is 8.49. The minimum Gasteiger partial charge on any atom is -0.443 e. The second-order valence-electron chi connectivity index (χ2n) is 7.05. The summed E-state index contributed by atoms with van der Waals surface area (Å²) >= 11 is 7.29. The van der Waals surface area contributed by atoms with Crippen LogP contribution in [0.2, 0.25) is 5.02 Å². The van der Waals surface area contributed by atoms with E-state index in [9.17, 15) is 9.59 Å². The maximum Gasteiger partial charge on any atom is 0.420 e. The van der Waals surface area contributed by atoms with E-state index in [0.29, 0.717) is 10.4 Å². The highest BCUT2D eigenvalue weighted by molar-refractivity contribution is 7.10. The minimum absolute atomic E-state index is 0.130. The molecule has 1 heterocycles. The highest BCUT2D eigenvalue weighted by atomic mass is 35.5. The molecule has 0 spiro atoms. The van der Waals surface area contributed by atoms with Gasteiger partial charge in [0.05, 0.1) is 17.1 Å². The van der Waals surface area contributed by atoms with Crippen molar-refractivity contribution in [3.05, 3.63) is 20.8 Å². The van der Waals surface area contributed by atoms with Gasteiger partial charge in [-0.3, -0.25) is 0 Å². The van der Waals surface area contributed by atoms with E-state index in [1.807, 2.05) is 6.07 Å². The lowest BCUT2D eigenvalue weighted by atomic mass is 10.2. The zero-order valence-electron chi connectivity index (χ0n) is 14.6. The summed E-state index contributed by atoms with van der Waals surface area (Å²) in [5.41, 5.74) is -1.24. The van der Waals surface area contributed by atoms with Crippen molar-refractivity contribution in [3.8, 4) is 6.07 Å². The number of imide groups is 1. The van der Waals surface area contributed by atoms with E-state index >= 15 is 0 Å². The van der Waals surface area contributed by atoms with Gasteiger partial charge >= 0.3 is 12.2 Å². The van der Waals surface area contributed by atoms with Crippen LogP contribution in [0.3, 0.4) is 0 Å². The topological polar surface area (TPSA) is 79.6 Å². The van der Waals surface area contributed by atoms with Gasteiger partial charge in [-0.2, -0.15) is 5.26 Å². The molecular weight excluding hydrogens is 352 g/mol. The number of ether oxygens (including phenoxy) is 2. The predicted molar refractivity (Wildman–Crippen MR) is 92.1 cm³/mol. The van der Waals surface area contributed by atoms with Crippen molar-refractivity contribution in [1.29, 1.82) is 5.26 Å². The summed E-state index contributed by atoms with van der Waals surface area (Å²) < 4.78 is 10.5. The molecule has 1 aromatic heterocycles. The molecule has 0 aliphatic heterocycles. The van der Waals surface area contributed by atoms with Crippen molar-refractivity contribution < 1.29 is 19.1 Å². The third kappa shape index (κ3) is 6.02. The predicted octanol–water partition coefficient (Wildman–Crippen LogP) is 4.95. The van der Waals surface area contributed by atoms with Crippen molar-refractivity contribution in [3.63, 3.8) is 0 Å². The Bertz CT molecular complexity index is 637. The number of rotatable bonds is 2. The molecule has 0 saturated carbocycles. The molecule has 0 radical (unpaired) electrons. The summed E-state index contributed by atoms with van der Waals surface area (Å²) in [7, 11) is 0. The number of hydrogen-bond acceptors (Lipinski definition) is 6. The lowest BCUT2D eigenvalue weighted by Crippen LogP contribution is -2.43. The largest absolute Gasteiger partial charge is 0.443 e. The molecule has 0 aromatic carbocycles. The number of amides is 2. The van der Waals surface area contributed by atoms with Crippen LogP contribution in [0.15, 0.2) is 5.38 Å². The molecule has 8 heteroatoms. The fourth-order valence-corrected chi connectivity index (χ4v) is 2.75. The van der Waals surface area contributed by atoms with Gasteiger partial charge in [0.15, 0.2) is 0 Å². The minimum atomic E-state index is -0.834. The quantitative estimate of drug-likeness (QED) is 0.734. The van der Waals surface area contributed by atoms with E-state index in [1.165, 1.54) is 11.3 Å². The zero-order chi connectivity index (χ0) is 18.7. The van der Waals surface area contributed by atoms with Gasteiger partial charge in [0.1, 0.15) is 17.3 Å². The molecule has 132 valence electrons. The maximum absolute atomic E-state index is 12.4. The number of carbonyl (C=O) groups excluding carboxylic acids is 2. The Morgan fingerprint density at radius 1 is 1.17 bits per heavy atom. The number of hydrogen-bond donors (Lipinski definition) is 0. The van der Waals surface area contributed by atoms with E-state index < -0.39 is 23.4 Å². The molecule has 0 unspecified atom stereocenters. The Balaban J connectivity index is 3.08. The molecule has 24 heavy (non-hydrogen) atoms. The zero-order valence-corrected chi connectivity index (χ0v) is 16.2. The van der Waals surface area contributed by atoms with Crippen molar-refractivity contribution in [2.45, 2.75) is 59.3 Å². The fraction of sp³-hybridized carbons (Fsp3) is 0.562. The summed E-state index contributed by atoms with van der Waals surface area (Å²) in [6, 6.07) is 1.95. The molecule has 0 N–H and O–H groups in total. The standard InChI is InChI=1S/C16H21ClN2O4S/c1-15(2,3)22-13(20)19(14(21)23-16(4,5)6)8-11-12(17)10(7-18)9-24-11/h9H,8H2,1-6H3. The Morgan fingerprint density at radius 3 is 1.96 bits per heavy atom. The molecule has 0 bridgehead atoms. The van der Waals surface area contributed by atoms with E-state index in [4.69, 9.17) is 26.3 Å². The van der Waals surface area contributed by atoms with Crippen LogP contribution in [0.5, 0.6) is 0 Å². The van der Waals surface area contributed by atoms with Crippen LogP contribution in [0.25, 0.3) is 0 Å². The normalized spacial score (nSPS) is 11.6. The average Bonchev–Trinajstić information content (AvgIpc) is 2.72. The first-order chi connectivity index (χ1) is 10.8. The van der Waals surface area contributed by atoms with Crippen LogP contribution in [-0.2, 0) is 16.0 Å². The highest BCUT2D eigenvalue weighted by Gasteiger charge is 2.32. The monoisotopic (exact) mass is 372 g/mol. The van der Waals surface area contributed by atoms with Gasteiger partial charge in [-0.25, -0.2) is 14.5 Å². The lowest BCUT2D eigenvalue weighted by molar-refractivity contribution is -0.0000412. The molecule has 6 nitrogen and oxygen atoms in total. The molecule has 0 aliphatic rings. The third-order valence-corrected chi connectivity index (χ3v) is 3.97. The average molecular weight is 373 g/mol. The molecular formula is C16H21ClN2O4S. The molecule has 2 amide bonds. The van der Waals surface area contributed by atoms with Gasteiger partial charge in [-0.05, 0) is 41.5 Å². The molecule has 1 aromatic rings. The number of nitrogens with zero attached hydrogens (tertiary/aromatic N) is 2. The SMILES string of the molecule is CC(C)(C)OC(=O)N(Cc1scc(C#N)c1Cl)C(=O)OC(C)(C)C. The van der Waals surface area contributed by atoms with Crippen LogP contribution >= 0.6 is 22.9 Å². The fourth-order valence-electron chi connectivity index (χ4n) is 1.55. The van der Waals surface area contributed by atoms with Crippen LogP contribution in [0, 0.1) is 11.3 Å². The summed E-state index contributed by atoms with van der Waals surface area (Å²) in [6.07, 6.45) is -1.67. The lowest BCUT2D eigenvalue weighted by Gasteiger charge is -2.28. The smallest absolute Gasteiger partial charge is 0.420 e. The van der Waals surface area contributed by atoms with Gasteiger partial charge in [0.25, 0.3) is 0 Å².